The number of carbonyl (C=O) groups excluding carboxylic acids is 2. The second-order valence-corrected chi connectivity index (χ2v) is 7.91. The van der Waals surface area contributed by atoms with Gasteiger partial charge in [0, 0.05) is 25.7 Å². The molecule has 3 rings (SSSR count). The number of piperazine rings is 1. The van der Waals surface area contributed by atoms with Crippen LogP contribution in [0.25, 0.3) is 0 Å². The highest BCUT2D eigenvalue weighted by Crippen LogP contribution is 2.28. The molecule has 9 heteroatoms. The van der Waals surface area contributed by atoms with Crippen molar-refractivity contribution in [3.8, 4) is 0 Å². The number of fused-ring (bicyclic) bond motifs is 1. The summed E-state index contributed by atoms with van der Waals surface area (Å²) in [4.78, 5) is 27.8. The summed E-state index contributed by atoms with van der Waals surface area (Å²) in [6.07, 6.45) is 1.79. The van der Waals surface area contributed by atoms with Gasteiger partial charge in [-0.25, -0.2) is 8.42 Å². The smallest absolute Gasteiger partial charge is 0.274 e. The molecule has 2 atom stereocenters. The van der Waals surface area contributed by atoms with E-state index in [1.165, 1.54) is 11.1 Å². The van der Waals surface area contributed by atoms with Crippen LogP contribution in [-0.4, -0.2) is 76.9 Å². The second-order valence-electron chi connectivity index (χ2n) is 5.76. The molecule has 0 bridgehead atoms. The highest BCUT2D eigenvalue weighted by atomic mass is 32.2. The van der Waals surface area contributed by atoms with Gasteiger partial charge in [-0.1, -0.05) is 6.92 Å². The molecule has 2 saturated heterocycles. The van der Waals surface area contributed by atoms with Crippen LogP contribution in [-0.2, 0) is 14.6 Å². The quantitative estimate of drug-likeness (QED) is 0.709. The highest BCUT2D eigenvalue weighted by molar-refractivity contribution is 7.91. The van der Waals surface area contributed by atoms with E-state index in [1.807, 2.05) is 0 Å². The Labute approximate surface area is 134 Å². The first-order chi connectivity index (χ1) is 10.9. The summed E-state index contributed by atoms with van der Waals surface area (Å²) in [7, 11) is -3.28. The molecule has 0 spiro atoms. The Bertz CT molecular complexity index is 722. The van der Waals surface area contributed by atoms with Crippen LogP contribution in [0.4, 0.5) is 0 Å². The zero-order valence-electron chi connectivity index (χ0n) is 12.8. The summed E-state index contributed by atoms with van der Waals surface area (Å²) in [6.45, 7) is 2.39. The van der Waals surface area contributed by atoms with Crippen LogP contribution in [0.5, 0.6) is 0 Å². The van der Waals surface area contributed by atoms with Gasteiger partial charge in [0.05, 0.1) is 23.6 Å². The van der Waals surface area contributed by atoms with E-state index in [9.17, 15) is 18.0 Å². The molecule has 0 radical (unpaired) electrons. The number of sulfone groups is 1. The van der Waals surface area contributed by atoms with E-state index >= 15 is 0 Å². The zero-order chi connectivity index (χ0) is 16.6. The SMILES string of the molecule is CCC(=O)N1CCN(C(=O)c2cccnn2)[C@H]2CS(=O)(=O)C[C@H]21. The Kier molecular flexibility index (Phi) is 4.05. The minimum absolute atomic E-state index is 0.0799. The van der Waals surface area contributed by atoms with Crippen LogP contribution in [0.2, 0.25) is 0 Å². The first-order valence-corrected chi connectivity index (χ1v) is 9.33. The Morgan fingerprint density at radius 1 is 1.22 bits per heavy atom. The van der Waals surface area contributed by atoms with E-state index in [-0.39, 0.29) is 29.0 Å². The number of rotatable bonds is 2. The van der Waals surface area contributed by atoms with Gasteiger partial charge in [-0.15, -0.1) is 5.10 Å². The topological polar surface area (TPSA) is 101 Å². The lowest BCUT2D eigenvalue weighted by Crippen LogP contribution is -2.62. The average molecular weight is 338 g/mol. The predicted octanol–water partition coefficient (Wildman–Crippen LogP) is -0.663. The van der Waals surface area contributed by atoms with E-state index in [2.05, 4.69) is 10.2 Å². The first kappa shape index (κ1) is 15.9. The van der Waals surface area contributed by atoms with Crippen molar-refractivity contribution in [3.05, 3.63) is 24.0 Å². The molecule has 0 aromatic carbocycles. The molecular formula is C14H18N4O4S. The fraction of sp³-hybridized carbons (Fsp3) is 0.571. The van der Waals surface area contributed by atoms with Gasteiger partial charge in [-0.3, -0.25) is 9.59 Å². The van der Waals surface area contributed by atoms with Gasteiger partial charge in [-0.2, -0.15) is 5.10 Å². The lowest BCUT2D eigenvalue weighted by atomic mass is 10.0. The van der Waals surface area contributed by atoms with Crippen LogP contribution in [0.3, 0.4) is 0 Å². The third-order valence-corrected chi connectivity index (χ3v) is 6.05. The number of carbonyl (C=O) groups is 2. The monoisotopic (exact) mass is 338 g/mol. The summed E-state index contributed by atoms with van der Waals surface area (Å²) in [5, 5.41) is 7.49. The van der Waals surface area contributed by atoms with Gasteiger partial charge < -0.3 is 9.80 Å². The average Bonchev–Trinajstić information content (AvgIpc) is 2.88. The summed E-state index contributed by atoms with van der Waals surface area (Å²) in [6, 6.07) is 2.18. The minimum atomic E-state index is -3.28. The summed E-state index contributed by atoms with van der Waals surface area (Å²) in [5.74, 6) is -0.623. The van der Waals surface area contributed by atoms with Crippen molar-refractivity contribution in [2.45, 2.75) is 25.4 Å². The fourth-order valence-corrected chi connectivity index (χ4v) is 5.26. The molecule has 0 saturated carbocycles. The van der Waals surface area contributed by atoms with Crippen LogP contribution in [0.1, 0.15) is 23.8 Å². The molecule has 2 aliphatic rings. The van der Waals surface area contributed by atoms with E-state index in [0.717, 1.165) is 0 Å². The van der Waals surface area contributed by atoms with Crippen LogP contribution >= 0.6 is 0 Å². The molecule has 2 fully saturated rings. The molecule has 1 aromatic heterocycles. The van der Waals surface area contributed by atoms with E-state index < -0.39 is 21.9 Å². The van der Waals surface area contributed by atoms with Crippen molar-refractivity contribution in [2.75, 3.05) is 24.6 Å². The molecule has 0 unspecified atom stereocenters. The van der Waals surface area contributed by atoms with Gasteiger partial charge in [0.15, 0.2) is 15.5 Å². The number of nitrogens with zero attached hydrogens (tertiary/aromatic N) is 4. The lowest BCUT2D eigenvalue weighted by Gasteiger charge is -2.43. The van der Waals surface area contributed by atoms with Crippen molar-refractivity contribution >= 4 is 21.7 Å². The molecule has 3 heterocycles. The molecule has 0 N–H and O–H groups in total. The minimum Gasteiger partial charge on any atom is -0.335 e. The van der Waals surface area contributed by atoms with Crippen molar-refractivity contribution < 1.29 is 18.0 Å². The molecule has 1 aromatic rings. The number of hydrogen-bond acceptors (Lipinski definition) is 6. The number of aromatic nitrogens is 2. The van der Waals surface area contributed by atoms with Crippen molar-refractivity contribution in [1.29, 1.82) is 0 Å². The van der Waals surface area contributed by atoms with Crippen molar-refractivity contribution in [1.82, 2.24) is 20.0 Å². The Morgan fingerprint density at radius 3 is 2.48 bits per heavy atom. The maximum atomic E-state index is 12.6. The molecule has 2 amide bonds. The Hall–Kier alpha value is -2.03. The molecule has 0 aliphatic carbocycles. The Morgan fingerprint density at radius 2 is 1.87 bits per heavy atom. The van der Waals surface area contributed by atoms with Gasteiger partial charge in [-0.05, 0) is 12.1 Å². The maximum absolute atomic E-state index is 12.6. The van der Waals surface area contributed by atoms with E-state index in [1.54, 1.807) is 24.0 Å². The van der Waals surface area contributed by atoms with Gasteiger partial charge >= 0.3 is 0 Å². The van der Waals surface area contributed by atoms with E-state index in [0.29, 0.717) is 19.5 Å². The Balaban J connectivity index is 1.90. The summed E-state index contributed by atoms with van der Waals surface area (Å²) < 4.78 is 24.1. The second kappa shape index (κ2) is 5.88. The number of amides is 2. The molecular weight excluding hydrogens is 320 g/mol. The van der Waals surface area contributed by atoms with Crippen LogP contribution < -0.4 is 0 Å². The number of hydrogen-bond donors (Lipinski definition) is 0. The summed E-state index contributed by atoms with van der Waals surface area (Å²) >= 11 is 0. The largest absolute Gasteiger partial charge is 0.335 e. The van der Waals surface area contributed by atoms with Crippen molar-refractivity contribution in [2.24, 2.45) is 0 Å². The standard InChI is InChI=1S/C14H18N4O4S/c1-2-13(19)17-6-7-18(12-9-23(21,22)8-11(12)17)14(20)10-4-3-5-15-16-10/h3-5,11-12H,2,6-9H2,1H3/t11-,12+/m1/s1. The fourth-order valence-electron chi connectivity index (χ4n) is 3.28. The molecule has 8 nitrogen and oxygen atoms in total. The highest BCUT2D eigenvalue weighted by Gasteiger charge is 2.49. The lowest BCUT2D eigenvalue weighted by molar-refractivity contribution is -0.135. The maximum Gasteiger partial charge on any atom is 0.274 e. The van der Waals surface area contributed by atoms with Gasteiger partial charge in [0.2, 0.25) is 5.91 Å². The van der Waals surface area contributed by atoms with Crippen LogP contribution in [0.15, 0.2) is 18.3 Å². The predicted molar refractivity (Wildman–Crippen MR) is 81.3 cm³/mol. The zero-order valence-corrected chi connectivity index (χ0v) is 13.6. The molecule has 23 heavy (non-hydrogen) atoms. The summed E-state index contributed by atoms with van der Waals surface area (Å²) in [5.41, 5.74) is 0.186. The van der Waals surface area contributed by atoms with Crippen molar-refractivity contribution in [3.63, 3.8) is 0 Å². The van der Waals surface area contributed by atoms with Crippen LogP contribution in [0, 0.1) is 0 Å². The van der Waals surface area contributed by atoms with Gasteiger partial charge in [0.1, 0.15) is 0 Å². The third kappa shape index (κ3) is 2.92. The third-order valence-electron chi connectivity index (χ3n) is 4.35. The normalized spacial score (nSPS) is 26.0. The van der Waals surface area contributed by atoms with Gasteiger partial charge in [0.25, 0.3) is 5.91 Å². The first-order valence-electron chi connectivity index (χ1n) is 7.51. The molecule has 124 valence electrons. The van der Waals surface area contributed by atoms with E-state index in [4.69, 9.17) is 0 Å². The molecule has 2 aliphatic heterocycles.